The van der Waals surface area contributed by atoms with E-state index in [1.165, 1.54) is 0 Å². The number of carbonyl (C=O) groups is 1. The number of aromatic amines is 1. The van der Waals surface area contributed by atoms with Gasteiger partial charge >= 0.3 is 5.97 Å². The zero-order chi connectivity index (χ0) is 18.6. The number of fused-ring (bicyclic) bond motifs is 1. The molecule has 0 aliphatic heterocycles. The Morgan fingerprint density at radius 3 is 2.56 bits per heavy atom. The van der Waals surface area contributed by atoms with Crippen LogP contribution in [0.2, 0.25) is 0 Å². The SMILES string of the molecule is COc1ccc2cc(-c3cc(C(=O)OCc4ccccc4)[nH]n3)ccc2c1. The van der Waals surface area contributed by atoms with Crippen molar-refractivity contribution in [3.05, 3.63) is 84.1 Å². The van der Waals surface area contributed by atoms with Crippen molar-refractivity contribution in [2.24, 2.45) is 0 Å². The number of H-pyrrole nitrogens is 1. The highest BCUT2D eigenvalue weighted by Gasteiger charge is 2.13. The maximum atomic E-state index is 12.2. The zero-order valence-electron chi connectivity index (χ0n) is 14.8. The van der Waals surface area contributed by atoms with Crippen molar-refractivity contribution in [2.75, 3.05) is 7.11 Å². The van der Waals surface area contributed by atoms with Gasteiger partial charge in [-0.25, -0.2) is 4.79 Å². The summed E-state index contributed by atoms with van der Waals surface area (Å²) in [5.41, 5.74) is 2.89. The quantitative estimate of drug-likeness (QED) is 0.530. The molecule has 0 fully saturated rings. The molecule has 134 valence electrons. The lowest BCUT2D eigenvalue weighted by molar-refractivity contribution is 0.0465. The van der Waals surface area contributed by atoms with Crippen LogP contribution in [0.5, 0.6) is 5.75 Å². The summed E-state index contributed by atoms with van der Waals surface area (Å²) >= 11 is 0. The summed E-state index contributed by atoms with van der Waals surface area (Å²) in [5.74, 6) is 0.390. The molecule has 0 saturated carbocycles. The van der Waals surface area contributed by atoms with Crippen molar-refractivity contribution in [2.45, 2.75) is 6.61 Å². The fourth-order valence-electron chi connectivity index (χ4n) is 2.89. The molecule has 0 spiro atoms. The molecule has 3 aromatic carbocycles. The minimum Gasteiger partial charge on any atom is -0.497 e. The van der Waals surface area contributed by atoms with Crippen molar-refractivity contribution in [3.8, 4) is 17.0 Å². The number of aromatic nitrogens is 2. The van der Waals surface area contributed by atoms with E-state index in [0.717, 1.165) is 27.6 Å². The van der Waals surface area contributed by atoms with Crippen molar-refractivity contribution in [3.63, 3.8) is 0 Å². The molecule has 5 heteroatoms. The molecule has 0 atom stereocenters. The van der Waals surface area contributed by atoms with E-state index in [-0.39, 0.29) is 6.61 Å². The predicted octanol–water partition coefficient (Wildman–Crippen LogP) is 4.60. The number of carbonyl (C=O) groups excluding carboxylic acids is 1. The highest BCUT2D eigenvalue weighted by atomic mass is 16.5. The number of hydrogen-bond donors (Lipinski definition) is 1. The first-order chi connectivity index (χ1) is 13.2. The number of nitrogens with one attached hydrogen (secondary N) is 1. The fourth-order valence-corrected chi connectivity index (χ4v) is 2.89. The molecule has 5 nitrogen and oxygen atoms in total. The Balaban J connectivity index is 1.51. The number of benzene rings is 3. The predicted molar refractivity (Wildman–Crippen MR) is 104 cm³/mol. The Labute approximate surface area is 156 Å². The van der Waals surface area contributed by atoms with Gasteiger partial charge in [-0.3, -0.25) is 5.10 Å². The average Bonchev–Trinajstić information content (AvgIpc) is 3.22. The van der Waals surface area contributed by atoms with Gasteiger partial charge in [0.1, 0.15) is 18.1 Å². The van der Waals surface area contributed by atoms with Crippen LogP contribution in [0.1, 0.15) is 16.1 Å². The van der Waals surface area contributed by atoms with E-state index in [2.05, 4.69) is 10.2 Å². The highest BCUT2D eigenvalue weighted by molar-refractivity contribution is 5.91. The molecule has 0 amide bonds. The third kappa shape index (κ3) is 3.67. The van der Waals surface area contributed by atoms with Crippen LogP contribution in [0.3, 0.4) is 0 Å². The highest BCUT2D eigenvalue weighted by Crippen LogP contribution is 2.26. The summed E-state index contributed by atoms with van der Waals surface area (Å²) in [6.07, 6.45) is 0. The summed E-state index contributed by atoms with van der Waals surface area (Å²) in [6, 6.07) is 23.2. The van der Waals surface area contributed by atoms with Crippen molar-refractivity contribution in [1.29, 1.82) is 0 Å². The van der Waals surface area contributed by atoms with Crippen LogP contribution < -0.4 is 4.74 Å². The van der Waals surface area contributed by atoms with Crippen LogP contribution in [0, 0.1) is 0 Å². The Hall–Kier alpha value is -3.60. The molecule has 1 aromatic heterocycles. The van der Waals surface area contributed by atoms with E-state index >= 15 is 0 Å². The minimum atomic E-state index is -0.428. The monoisotopic (exact) mass is 358 g/mol. The summed E-state index contributed by atoms with van der Waals surface area (Å²) in [7, 11) is 1.65. The summed E-state index contributed by atoms with van der Waals surface area (Å²) in [4.78, 5) is 12.2. The molecule has 4 rings (SSSR count). The molecular formula is C22H18N2O3. The number of methoxy groups -OCH3 is 1. The number of esters is 1. The Kier molecular flexibility index (Phi) is 4.58. The molecule has 0 radical (unpaired) electrons. The van der Waals surface area contributed by atoms with Gasteiger partial charge in [-0.1, -0.05) is 48.5 Å². The summed E-state index contributed by atoms with van der Waals surface area (Å²) < 4.78 is 10.6. The molecule has 0 bridgehead atoms. The lowest BCUT2D eigenvalue weighted by Gasteiger charge is -2.04. The van der Waals surface area contributed by atoms with Crippen molar-refractivity contribution >= 4 is 16.7 Å². The maximum Gasteiger partial charge on any atom is 0.356 e. The van der Waals surface area contributed by atoms with Crippen LogP contribution in [0.4, 0.5) is 0 Å². The molecule has 0 aliphatic rings. The van der Waals surface area contributed by atoms with E-state index in [0.29, 0.717) is 11.4 Å². The fraction of sp³-hybridized carbons (Fsp3) is 0.0909. The Bertz CT molecular complexity index is 1090. The molecule has 27 heavy (non-hydrogen) atoms. The van der Waals surface area contributed by atoms with Crippen LogP contribution >= 0.6 is 0 Å². The second-order valence-electron chi connectivity index (χ2n) is 6.16. The van der Waals surface area contributed by atoms with Crippen LogP contribution in [0.15, 0.2) is 72.8 Å². The minimum absolute atomic E-state index is 0.228. The van der Waals surface area contributed by atoms with Gasteiger partial charge in [-0.15, -0.1) is 0 Å². The van der Waals surface area contributed by atoms with Gasteiger partial charge in [-0.05, 0) is 40.6 Å². The van der Waals surface area contributed by atoms with Gasteiger partial charge in [0.25, 0.3) is 0 Å². The second-order valence-corrected chi connectivity index (χ2v) is 6.16. The summed E-state index contributed by atoms with van der Waals surface area (Å²) in [6.45, 7) is 0.228. The van der Waals surface area contributed by atoms with Crippen molar-refractivity contribution in [1.82, 2.24) is 10.2 Å². The van der Waals surface area contributed by atoms with Crippen LogP contribution in [0.25, 0.3) is 22.0 Å². The lowest BCUT2D eigenvalue weighted by Crippen LogP contribution is -2.05. The van der Waals surface area contributed by atoms with E-state index in [1.807, 2.05) is 66.7 Å². The van der Waals surface area contributed by atoms with Gasteiger partial charge in [0.05, 0.1) is 12.8 Å². The Morgan fingerprint density at radius 1 is 0.963 bits per heavy atom. The molecule has 0 unspecified atom stereocenters. The third-order valence-electron chi connectivity index (χ3n) is 4.35. The summed E-state index contributed by atoms with van der Waals surface area (Å²) in [5, 5.41) is 9.17. The number of ether oxygens (including phenoxy) is 2. The molecule has 1 heterocycles. The third-order valence-corrected chi connectivity index (χ3v) is 4.35. The van der Waals surface area contributed by atoms with E-state index < -0.39 is 5.97 Å². The van der Waals surface area contributed by atoms with Crippen LogP contribution in [-0.4, -0.2) is 23.3 Å². The molecule has 4 aromatic rings. The standard InChI is InChI=1S/C22H18N2O3/c1-26-19-10-9-16-11-18(8-7-17(16)12-19)20-13-21(24-23-20)22(25)27-14-15-5-3-2-4-6-15/h2-13H,14H2,1H3,(H,23,24). The smallest absolute Gasteiger partial charge is 0.356 e. The normalized spacial score (nSPS) is 10.7. The topological polar surface area (TPSA) is 64.2 Å². The average molecular weight is 358 g/mol. The first kappa shape index (κ1) is 16.8. The van der Waals surface area contributed by atoms with Gasteiger partial charge in [0.2, 0.25) is 0 Å². The van der Waals surface area contributed by atoms with Crippen molar-refractivity contribution < 1.29 is 14.3 Å². The van der Waals surface area contributed by atoms with E-state index in [1.54, 1.807) is 13.2 Å². The van der Waals surface area contributed by atoms with Gasteiger partial charge in [0.15, 0.2) is 0 Å². The Morgan fingerprint density at radius 2 is 1.74 bits per heavy atom. The molecule has 0 aliphatic carbocycles. The zero-order valence-corrected chi connectivity index (χ0v) is 14.8. The first-order valence-electron chi connectivity index (χ1n) is 8.57. The van der Waals surface area contributed by atoms with E-state index in [4.69, 9.17) is 9.47 Å². The van der Waals surface area contributed by atoms with Gasteiger partial charge < -0.3 is 9.47 Å². The molecule has 1 N–H and O–H groups in total. The number of hydrogen-bond acceptors (Lipinski definition) is 4. The maximum absolute atomic E-state index is 12.2. The molecular weight excluding hydrogens is 340 g/mol. The number of nitrogens with zero attached hydrogens (tertiary/aromatic N) is 1. The van der Waals surface area contributed by atoms with Gasteiger partial charge in [-0.2, -0.15) is 5.10 Å². The van der Waals surface area contributed by atoms with Crippen LogP contribution in [-0.2, 0) is 11.3 Å². The van der Waals surface area contributed by atoms with E-state index in [9.17, 15) is 4.79 Å². The lowest BCUT2D eigenvalue weighted by atomic mass is 10.0. The van der Waals surface area contributed by atoms with Gasteiger partial charge in [0, 0.05) is 5.56 Å². The molecule has 0 saturated heterocycles. The largest absolute Gasteiger partial charge is 0.497 e. The number of rotatable bonds is 5. The second kappa shape index (κ2) is 7.33. The first-order valence-corrected chi connectivity index (χ1v) is 8.57.